The molecule has 3 atom stereocenters. The zero-order chi connectivity index (χ0) is 48.8. The Morgan fingerprint density at radius 1 is 0.577 bits per heavy atom. The second-order valence-electron chi connectivity index (χ2n) is 17.4. The Kier molecular flexibility index (Phi) is 13.0. The topological polar surface area (TPSA) is 203 Å². The van der Waals surface area contributed by atoms with E-state index < -0.39 is 41.8 Å². The largest absolute Gasteiger partial charge is 0.504 e. The van der Waals surface area contributed by atoms with Crippen LogP contribution in [-0.4, -0.2) is 74.0 Å². The smallest absolute Gasteiger partial charge is 0.329 e. The molecule has 14 heteroatoms. The number of fused-ring (bicyclic) bond motifs is 5. The normalized spacial score (nSPS) is 12.6. The molecular formula is C57H49N7O7. The third-order valence-electron chi connectivity index (χ3n) is 12.7. The van der Waals surface area contributed by atoms with E-state index in [0.29, 0.717) is 22.2 Å². The van der Waals surface area contributed by atoms with Gasteiger partial charge in [0.15, 0.2) is 11.5 Å². The number of para-hydroxylation sites is 3. The summed E-state index contributed by atoms with van der Waals surface area (Å²) in [7, 11) is 1.45. The van der Waals surface area contributed by atoms with E-state index in [2.05, 4.69) is 30.9 Å². The van der Waals surface area contributed by atoms with Gasteiger partial charge in [-0.1, -0.05) is 115 Å². The minimum absolute atomic E-state index is 0.00171. The summed E-state index contributed by atoms with van der Waals surface area (Å²) < 4.78 is 11.2. The number of phenols is 1. The molecule has 14 nitrogen and oxygen atoms in total. The highest BCUT2D eigenvalue weighted by Crippen LogP contribution is 2.36. The number of esters is 1. The van der Waals surface area contributed by atoms with Crippen molar-refractivity contribution in [3.05, 3.63) is 198 Å². The van der Waals surface area contributed by atoms with Crippen molar-refractivity contribution >= 4 is 67.3 Å². The lowest BCUT2D eigenvalue weighted by atomic mass is 10.0. The number of aromatic amines is 3. The standard InChI is InChI=1S/C57H49N7O7/c1-70-51-29-36(24-25-50(51)65)52-53-42(41-20-10-13-23-45(41)60-53)30-48(61-52)56(68)63-46(27-37-31-58-43-21-11-8-18-39(37)43)54(66)62-47(28-38-32-59-44-22-12-9-19-40(38)44)55(67)64-49(26-34-14-4-2-5-15-34)57(69)71-33-35-16-6-3-7-17-35/h2-25,29-32,46-47,49,58-60,65H,26-28,33H2,1H3,(H,62,66)(H,63,68)(H,64,67)/t46-,47-,49-/m0/s1. The minimum Gasteiger partial charge on any atom is -0.504 e. The molecule has 71 heavy (non-hydrogen) atoms. The lowest BCUT2D eigenvalue weighted by Gasteiger charge is -2.25. The summed E-state index contributed by atoms with van der Waals surface area (Å²) in [6.07, 6.45) is 3.79. The highest BCUT2D eigenvalue weighted by atomic mass is 16.5. The molecule has 7 N–H and O–H groups in total. The fourth-order valence-corrected chi connectivity index (χ4v) is 9.10. The number of rotatable bonds is 17. The zero-order valence-corrected chi connectivity index (χ0v) is 38.6. The van der Waals surface area contributed by atoms with Crippen LogP contribution in [-0.2, 0) is 45.0 Å². The van der Waals surface area contributed by atoms with Gasteiger partial charge in [0.2, 0.25) is 11.8 Å². The predicted octanol–water partition coefficient (Wildman–Crippen LogP) is 8.60. The Labute approximate surface area is 407 Å². The molecule has 0 saturated carbocycles. The molecule has 0 aliphatic carbocycles. The molecule has 0 aliphatic heterocycles. The molecule has 6 aromatic carbocycles. The van der Waals surface area contributed by atoms with Gasteiger partial charge in [-0.15, -0.1) is 0 Å². The highest BCUT2D eigenvalue weighted by Gasteiger charge is 2.33. The van der Waals surface area contributed by atoms with Crippen molar-refractivity contribution in [1.29, 1.82) is 0 Å². The number of phenolic OH excluding ortho intramolecular Hbond substituents is 1. The molecule has 354 valence electrons. The van der Waals surface area contributed by atoms with E-state index in [1.54, 1.807) is 30.6 Å². The maximum atomic E-state index is 15.1. The average molecular weight is 944 g/mol. The number of ether oxygens (including phenoxy) is 2. The summed E-state index contributed by atoms with van der Waals surface area (Å²) in [4.78, 5) is 73.6. The van der Waals surface area contributed by atoms with Crippen LogP contribution in [0.5, 0.6) is 11.5 Å². The van der Waals surface area contributed by atoms with E-state index in [9.17, 15) is 19.5 Å². The van der Waals surface area contributed by atoms with Gasteiger partial charge >= 0.3 is 5.97 Å². The van der Waals surface area contributed by atoms with Gasteiger partial charge in [-0.05, 0) is 64.7 Å². The number of carbonyl (C=O) groups is 4. The fourth-order valence-electron chi connectivity index (χ4n) is 9.10. The number of carbonyl (C=O) groups excluding carboxylic acids is 4. The van der Waals surface area contributed by atoms with Crippen molar-refractivity contribution in [2.24, 2.45) is 0 Å². The number of H-pyrrole nitrogens is 3. The number of nitrogens with zero attached hydrogens (tertiary/aromatic N) is 1. The van der Waals surface area contributed by atoms with Gasteiger partial charge in [-0.25, -0.2) is 9.78 Å². The number of aromatic nitrogens is 4. The molecule has 3 amide bonds. The van der Waals surface area contributed by atoms with Crippen molar-refractivity contribution in [1.82, 2.24) is 35.9 Å². The third kappa shape index (κ3) is 9.90. The monoisotopic (exact) mass is 943 g/mol. The number of nitrogens with one attached hydrogen (secondary N) is 6. The van der Waals surface area contributed by atoms with Gasteiger partial charge in [-0.2, -0.15) is 0 Å². The summed E-state index contributed by atoms with van der Waals surface area (Å²) >= 11 is 0. The van der Waals surface area contributed by atoms with E-state index in [1.165, 1.54) is 13.2 Å². The number of aromatic hydroxyl groups is 1. The maximum Gasteiger partial charge on any atom is 0.329 e. The first-order valence-corrected chi connectivity index (χ1v) is 23.2. The molecular weight excluding hydrogens is 895 g/mol. The van der Waals surface area contributed by atoms with Gasteiger partial charge in [-0.3, -0.25) is 14.4 Å². The second-order valence-corrected chi connectivity index (χ2v) is 17.4. The van der Waals surface area contributed by atoms with Crippen molar-refractivity contribution in [3.8, 4) is 22.8 Å². The van der Waals surface area contributed by atoms with E-state index in [4.69, 9.17) is 14.5 Å². The summed E-state index contributed by atoms with van der Waals surface area (Å²) in [5, 5.41) is 22.7. The minimum atomic E-state index is -1.24. The van der Waals surface area contributed by atoms with Crippen LogP contribution in [0.4, 0.5) is 0 Å². The van der Waals surface area contributed by atoms with Gasteiger partial charge < -0.3 is 45.5 Å². The molecule has 0 aliphatic rings. The van der Waals surface area contributed by atoms with Gasteiger partial charge in [0.05, 0.1) is 18.3 Å². The SMILES string of the molecule is COc1cc(-c2nc(C(=O)N[C@@H](Cc3c[nH]c4ccccc34)C(=O)N[C@@H](Cc3c[nH]c4ccccc34)C(=O)N[C@@H](Cc3ccccc3)C(=O)OCc3ccccc3)cc3c2[nH]c2ccccc23)ccc1O. The number of amides is 3. The lowest BCUT2D eigenvalue weighted by molar-refractivity contribution is -0.149. The van der Waals surface area contributed by atoms with Crippen molar-refractivity contribution in [3.63, 3.8) is 0 Å². The molecule has 10 rings (SSSR count). The molecule has 10 aromatic rings. The maximum absolute atomic E-state index is 15.1. The molecule has 4 heterocycles. The van der Waals surface area contributed by atoms with Crippen LogP contribution in [0.3, 0.4) is 0 Å². The fraction of sp³-hybridized carbons (Fsp3) is 0.140. The Morgan fingerprint density at radius 2 is 1.13 bits per heavy atom. The molecule has 0 bridgehead atoms. The average Bonchev–Trinajstić information content (AvgIpc) is 4.13. The van der Waals surface area contributed by atoms with Gasteiger partial charge in [0, 0.05) is 75.3 Å². The van der Waals surface area contributed by atoms with Crippen LogP contribution >= 0.6 is 0 Å². The van der Waals surface area contributed by atoms with E-state index in [-0.39, 0.29) is 43.1 Å². The molecule has 0 unspecified atom stereocenters. The molecule has 0 radical (unpaired) electrons. The Morgan fingerprint density at radius 3 is 1.76 bits per heavy atom. The summed E-state index contributed by atoms with van der Waals surface area (Å²) in [5.74, 6) is -2.40. The number of hydrogen-bond donors (Lipinski definition) is 7. The Bertz CT molecular complexity index is 3570. The Balaban J connectivity index is 1.00. The summed E-state index contributed by atoms with van der Waals surface area (Å²) in [6, 6.07) is 44.4. The van der Waals surface area contributed by atoms with Crippen LogP contribution in [0, 0.1) is 0 Å². The van der Waals surface area contributed by atoms with Crippen molar-refractivity contribution in [2.45, 2.75) is 44.0 Å². The molecule has 0 saturated heterocycles. The first-order valence-electron chi connectivity index (χ1n) is 23.2. The zero-order valence-electron chi connectivity index (χ0n) is 38.6. The van der Waals surface area contributed by atoms with Crippen LogP contribution < -0.4 is 20.7 Å². The van der Waals surface area contributed by atoms with Crippen LogP contribution in [0.15, 0.2) is 170 Å². The predicted molar refractivity (Wildman–Crippen MR) is 273 cm³/mol. The first kappa shape index (κ1) is 45.6. The summed E-state index contributed by atoms with van der Waals surface area (Å²) in [6.45, 7) is -0.00171. The number of benzene rings is 6. The second kappa shape index (κ2) is 20.2. The van der Waals surface area contributed by atoms with Gasteiger partial charge in [0.1, 0.15) is 30.4 Å². The lowest BCUT2D eigenvalue weighted by Crippen LogP contribution is -2.57. The number of methoxy groups -OCH3 is 1. The van der Waals surface area contributed by atoms with E-state index in [1.807, 2.05) is 133 Å². The van der Waals surface area contributed by atoms with Crippen LogP contribution in [0.2, 0.25) is 0 Å². The van der Waals surface area contributed by atoms with Gasteiger partial charge in [0.25, 0.3) is 5.91 Å². The number of pyridine rings is 1. The van der Waals surface area contributed by atoms with E-state index in [0.717, 1.165) is 55.0 Å². The van der Waals surface area contributed by atoms with E-state index >= 15 is 4.79 Å². The molecule has 0 spiro atoms. The highest BCUT2D eigenvalue weighted by molar-refractivity contribution is 6.13. The van der Waals surface area contributed by atoms with Crippen molar-refractivity contribution < 1.29 is 33.8 Å². The first-order chi connectivity index (χ1) is 34.7. The Hall–Kier alpha value is -9.17. The van der Waals surface area contributed by atoms with Crippen LogP contribution in [0.1, 0.15) is 32.7 Å². The van der Waals surface area contributed by atoms with Crippen molar-refractivity contribution in [2.75, 3.05) is 7.11 Å². The number of hydrogen-bond acceptors (Lipinski definition) is 8. The van der Waals surface area contributed by atoms with Crippen LogP contribution in [0.25, 0.3) is 54.9 Å². The third-order valence-corrected chi connectivity index (χ3v) is 12.7. The molecule has 4 aromatic heterocycles. The molecule has 0 fully saturated rings. The summed E-state index contributed by atoms with van der Waals surface area (Å²) in [5.41, 5.74) is 7.24. The quantitative estimate of drug-likeness (QED) is 0.0440.